The molecule has 1 saturated carbocycles. The smallest absolute Gasteiger partial charge is 0.387 e. The van der Waals surface area contributed by atoms with Crippen LogP contribution in [0.3, 0.4) is 0 Å². The van der Waals surface area contributed by atoms with Crippen LogP contribution < -0.4 is 4.74 Å². The van der Waals surface area contributed by atoms with Crippen molar-refractivity contribution in [1.82, 2.24) is 9.88 Å². The number of hydrogen-bond acceptors (Lipinski definition) is 5. The lowest BCUT2D eigenvalue weighted by Crippen LogP contribution is -2.53. The second kappa shape index (κ2) is 9.55. The molecule has 2 aromatic rings. The maximum absolute atomic E-state index is 13.8. The lowest BCUT2D eigenvalue weighted by atomic mass is 9.65. The Labute approximate surface area is 210 Å². The molecular weight excluding hydrogens is 503 g/mol. The van der Waals surface area contributed by atoms with Crippen LogP contribution >= 0.6 is 11.3 Å². The van der Waals surface area contributed by atoms with Gasteiger partial charge in [-0.25, -0.2) is 18.2 Å². The predicted octanol–water partition coefficient (Wildman–Crippen LogP) is 6.53. The van der Waals surface area contributed by atoms with E-state index in [1.165, 1.54) is 6.20 Å². The summed E-state index contributed by atoms with van der Waals surface area (Å²) < 4.78 is 71.5. The topological polar surface area (TPSA) is 62.7 Å². The van der Waals surface area contributed by atoms with Crippen LogP contribution in [0.5, 0.6) is 5.75 Å². The Bertz CT molecular complexity index is 1120. The first-order valence-electron chi connectivity index (χ1n) is 11.7. The zero-order valence-electron chi connectivity index (χ0n) is 20.2. The van der Waals surface area contributed by atoms with Crippen LogP contribution in [-0.4, -0.2) is 46.6 Å². The number of carboxylic acid groups (broad SMARTS) is 1. The summed E-state index contributed by atoms with van der Waals surface area (Å²) in [6.45, 7) is 3.96. The lowest BCUT2D eigenvalue weighted by Gasteiger charge is -2.48. The number of halogens is 5. The Morgan fingerprint density at radius 1 is 1.31 bits per heavy atom. The third-order valence-electron chi connectivity index (χ3n) is 7.23. The molecule has 11 heteroatoms. The Hall–Kier alpha value is -2.27. The fourth-order valence-corrected chi connectivity index (χ4v) is 6.03. The summed E-state index contributed by atoms with van der Waals surface area (Å²) in [6.07, 6.45) is 1.50. The van der Waals surface area contributed by atoms with E-state index in [1.807, 2.05) is 25.7 Å². The second-order valence-electron chi connectivity index (χ2n) is 11.0. The highest BCUT2D eigenvalue weighted by atomic mass is 32.1. The van der Waals surface area contributed by atoms with Crippen LogP contribution in [0.15, 0.2) is 24.4 Å². The maximum atomic E-state index is 13.8. The molecule has 1 saturated heterocycles. The molecular formula is C25H29F5N2O3S. The molecule has 198 valence electrons. The lowest BCUT2D eigenvalue weighted by molar-refractivity contribution is -0.157. The van der Waals surface area contributed by atoms with Gasteiger partial charge in [0.2, 0.25) is 0 Å². The number of ether oxygens (including phenoxy) is 1. The molecule has 3 atom stereocenters. The molecule has 1 aliphatic heterocycles. The molecule has 5 nitrogen and oxygen atoms in total. The molecule has 1 aromatic carbocycles. The summed E-state index contributed by atoms with van der Waals surface area (Å²) in [5.74, 6) is -5.68. The van der Waals surface area contributed by atoms with E-state index in [-0.39, 0.29) is 47.0 Å². The van der Waals surface area contributed by atoms with E-state index in [1.54, 1.807) is 0 Å². The summed E-state index contributed by atoms with van der Waals surface area (Å²) in [6, 6.07) is 3.21. The summed E-state index contributed by atoms with van der Waals surface area (Å²) in [7, 11) is 0. The van der Waals surface area contributed by atoms with E-state index >= 15 is 0 Å². The van der Waals surface area contributed by atoms with E-state index in [0.717, 1.165) is 29.5 Å². The average Bonchev–Trinajstić information content (AvgIpc) is 3.13. The van der Waals surface area contributed by atoms with Crippen molar-refractivity contribution >= 4 is 17.3 Å². The van der Waals surface area contributed by atoms with Gasteiger partial charge >= 0.3 is 12.6 Å². The fourth-order valence-electron chi connectivity index (χ4n) is 5.05. The van der Waals surface area contributed by atoms with Crippen LogP contribution in [0, 0.1) is 28.5 Å². The van der Waals surface area contributed by atoms with E-state index in [4.69, 9.17) is 0 Å². The number of hydrogen-bond donors (Lipinski definition) is 1. The Morgan fingerprint density at radius 3 is 2.58 bits per heavy atom. The SMILES string of the molecule is CC(C)(C)[C@H]1CN(Cc2cnc(-c3cc(F)ccc3OC(F)F)s2)C[C@](C[C@H]2CC2(F)F)(C(=O)O)C1. The zero-order valence-corrected chi connectivity index (χ0v) is 21.1. The molecule has 4 rings (SSSR count). The van der Waals surface area contributed by atoms with Gasteiger partial charge in [-0.3, -0.25) is 9.69 Å². The van der Waals surface area contributed by atoms with Crippen molar-refractivity contribution in [3.05, 3.63) is 35.1 Å². The van der Waals surface area contributed by atoms with Crippen LogP contribution in [0.1, 0.15) is 44.9 Å². The van der Waals surface area contributed by atoms with Crippen molar-refractivity contribution in [2.75, 3.05) is 13.1 Å². The number of likely N-dealkylation sites (tertiary alicyclic amines) is 1. The minimum Gasteiger partial charge on any atom is -0.481 e. The first-order chi connectivity index (χ1) is 16.7. The molecule has 2 heterocycles. The highest BCUT2D eigenvalue weighted by Gasteiger charge is 2.61. The molecule has 2 fully saturated rings. The second-order valence-corrected chi connectivity index (χ2v) is 12.2. The van der Waals surface area contributed by atoms with Crippen LogP contribution in [0.2, 0.25) is 0 Å². The van der Waals surface area contributed by atoms with Crippen LogP contribution in [0.25, 0.3) is 10.6 Å². The Balaban J connectivity index is 1.59. The summed E-state index contributed by atoms with van der Waals surface area (Å²) in [5, 5.41) is 10.5. The normalized spacial score (nSPS) is 26.2. The molecule has 1 aromatic heterocycles. The van der Waals surface area contributed by atoms with Gasteiger partial charge in [0, 0.05) is 43.0 Å². The molecule has 0 bridgehead atoms. The number of carboxylic acids is 1. The van der Waals surface area contributed by atoms with Crippen molar-refractivity contribution in [3.8, 4) is 16.3 Å². The van der Waals surface area contributed by atoms with E-state index < -0.39 is 35.7 Å². The summed E-state index contributed by atoms with van der Waals surface area (Å²) in [4.78, 5) is 19.4. The summed E-state index contributed by atoms with van der Waals surface area (Å²) in [5.41, 5.74) is -1.45. The number of alkyl halides is 4. The van der Waals surface area contributed by atoms with E-state index in [9.17, 15) is 31.9 Å². The Morgan fingerprint density at radius 2 is 2.00 bits per heavy atom. The third kappa shape index (κ3) is 5.82. The van der Waals surface area contributed by atoms with Gasteiger partial charge in [-0.1, -0.05) is 20.8 Å². The third-order valence-corrected chi connectivity index (χ3v) is 8.25. The molecule has 0 radical (unpaired) electrons. The number of carbonyl (C=O) groups is 1. The molecule has 0 spiro atoms. The largest absolute Gasteiger partial charge is 0.481 e. The van der Waals surface area contributed by atoms with Crippen molar-refractivity contribution in [1.29, 1.82) is 0 Å². The number of aliphatic carboxylic acids is 1. The summed E-state index contributed by atoms with van der Waals surface area (Å²) >= 11 is 1.16. The number of rotatable bonds is 8. The first kappa shape index (κ1) is 26.8. The minimum absolute atomic E-state index is 0.0450. The molecule has 2 aliphatic rings. The quantitative estimate of drug-likeness (QED) is 0.392. The van der Waals surface area contributed by atoms with Gasteiger partial charge in [0.05, 0.1) is 11.0 Å². The molecule has 36 heavy (non-hydrogen) atoms. The van der Waals surface area contributed by atoms with Crippen molar-refractivity contribution < 1.29 is 36.6 Å². The van der Waals surface area contributed by atoms with Gasteiger partial charge in [0.25, 0.3) is 5.92 Å². The average molecular weight is 533 g/mol. The monoisotopic (exact) mass is 532 g/mol. The number of thiazole rings is 1. The molecule has 1 aliphatic carbocycles. The van der Waals surface area contributed by atoms with Gasteiger partial charge in [-0.05, 0) is 42.4 Å². The number of aromatic nitrogens is 1. The van der Waals surface area contributed by atoms with Crippen molar-refractivity contribution in [3.63, 3.8) is 0 Å². The predicted molar refractivity (Wildman–Crippen MR) is 125 cm³/mol. The van der Waals surface area contributed by atoms with Gasteiger partial charge < -0.3 is 9.84 Å². The number of benzene rings is 1. The Kier molecular flexibility index (Phi) is 7.11. The highest BCUT2D eigenvalue weighted by molar-refractivity contribution is 7.15. The zero-order chi connectivity index (χ0) is 26.5. The van der Waals surface area contributed by atoms with Crippen LogP contribution in [-0.2, 0) is 11.3 Å². The van der Waals surface area contributed by atoms with Gasteiger partial charge in [0.15, 0.2) is 0 Å². The standard InChI is InChI=1S/C25H29F5N2O3S/c1-23(2,3)15-8-24(21(33)34,7-14-9-25(14,29)30)13-32(11-15)12-17-10-31-20(36-17)18-6-16(26)4-5-19(18)35-22(27)28/h4-6,10,14-15,22H,7-9,11-13H2,1-3H3,(H,33,34)/t14-,15+,24+/m0/s1. The van der Waals surface area contributed by atoms with E-state index in [2.05, 4.69) is 9.72 Å². The van der Waals surface area contributed by atoms with Crippen molar-refractivity contribution in [2.24, 2.45) is 22.7 Å². The maximum Gasteiger partial charge on any atom is 0.387 e. The molecule has 0 amide bonds. The number of piperidine rings is 1. The fraction of sp³-hybridized carbons (Fsp3) is 0.600. The number of nitrogens with zero attached hydrogens (tertiary/aromatic N) is 2. The minimum atomic E-state index is -3.08. The van der Waals surface area contributed by atoms with Crippen molar-refractivity contribution in [2.45, 2.75) is 59.1 Å². The van der Waals surface area contributed by atoms with Gasteiger partial charge in [-0.2, -0.15) is 8.78 Å². The first-order valence-corrected chi connectivity index (χ1v) is 12.5. The molecule has 1 N–H and O–H groups in total. The van der Waals surface area contributed by atoms with Crippen LogP contribution in [0.4, 0.5) is 22.0 Å². The highest BCUT2D eigenvalue weighted by Crippen LogP contribution is 2.56. The molecule has 0 unspecified atom stereocenters. The van der Waals surface area contributed by atoms with Gasteiger partial charge in [-0.15, -0.1) is 11.3 Å². The van der Waals surface area contributed by atoms with E-state index in [0.29, 0.717) is 24.4 Å². The van der Waals surface area contributed by atoms with Gasteiger partial charge in [0.1, 0.15) is 16.6 Å².